The van der Waals surface area contributed by atoms with E-state index in [0.717, 1.165) is 6.07 Å². The Labute approximate surface area is 127 Å². The zero-order chi connectivity index (χ0) is 16.3. The second kappa shape index (κ2) is 6.56. The molecule has 0 N–H and O–H groups in total. The third-order valence-corrected chi connectivity index (χ3v) is 2.99. The van der Waals surface area contributed by atoms with Crippen LogP contribution in [0.25, 0.3) is 11.1 Å². The van der Waals surface area contributed by atoms with Gasteiger partial charge in [0.15, 0.2) is 0 Å². The molecule has 116 valence electrons. The van der Waals surface area contributed by atoms with E-state index in [4.69, 9.17) is 9.47 Å². The summed E-state index contributed by atoms with van der Waals surface area (Å²) in [5.41, 5.74) is 0.967. The van der Waals surface area contributed by atoms with Crippen LogP contribution in [0.5, 0.6) is 5.75 Å². The maximum Gasteiger partial charge on any atom is 0.341 e. The lowest BCUT2D eigenvalue weighted by atomic mass is 10.0. The standard InChI is InChI=1S/C17H16F2O3/c1-10(2)22-16-8-11(4-6-14(16)17(20)21-3)13-7-5-12(18)9-15(13)19/h4-10H,1-3H3. The van der Waals surface area contributed by atoms with Crippen molar-refractivity contribution in [1.82, 2.24) is 0 Å². The van der Waals surface area contributed by atoms with Crippen molar-refractivity contribution >= 4 is 5.97 Å². The van der Waals surface area contributed by atoms with Crippen LogP contribution in [0.4, 0.5) is 8.78 Å². The van der Waals surface area contributed by atoms with Crippen molar-refractivity contribution in [3.63, 3.8) is 0 Å². The van der Waals surface area contributed by atoms with Crippen molar-refractivity contribution < 1.29 is 23.0 Å². The van der Waals surface area contributed by atoms with Gasteiger partial charge in [0.05, 0.1) is 13.2 Å². The highest BCUT2D eigenvalue weighted by atomic mass is 19.1. The Morgan fingerprint density at radius 3 is 2.41 bits per heavy atom. The minimum Gasteiger partial charge on any atom is -0.490 e. The number of carbonyl (C=O) groups is 1. The maximum absolute atomic E-state index is 13.9. The Kier molecular flexibility index (Phi) is 4.75. The molecule has 0 spiro atoms. The molecule has 2 aromatic carbocycles. The Morgan fingerprint density at radius 2 is 1.82 bits per heavy atom. The van der Waals surface area contributed by atoms with E-state index in [9.17, 15) is 13.6 Å². The fourth-order valence-corrected chi connectivity index (χ4v) is 2.04. The summed E-state index contributed by atoms with van der Waals surface area (Å²) in [4.78, 5) is 11.7. The minimum atomic E-state index is -0.679. The summed E-state index contributed by atoms with van der Waals surface area (Å²) in [5.74, 6) is -1.57. The lowest BCUT2D eigenvalue weighted by molar-refractivity contribution is 0.0594. The third kappa shape index (κ3) is 3.42. The molecule has 0 aliphatic carbocycles. The first kappa shape index (κ1) is 15.9. The number of halogens is 2. The summed E-state index contributed by atoms with van der Waals surface area (Å²) in [6.07, 6.45) is -0.170. The SMILES string of the molecule is COC(=O)c1ccc(-c2ccc(F)cc2F)cc1OC(C)C. The van der Waals surface area contributed by atoms with Crippen molar-refractivity contribution in [3.05, 3.63) is 53.6 Å². The summed E-state index contributed by atoms with van der Waals surface area (Å²) >= 11 is 0. The number of hydrogen-bond acceptors (Lipinski definition) is 3. The highest BCUT2D eigenvalue weighted by molar-refractivity contribution is 5.93. The molecule has 0 fully saturated rings. The number of esters is 1. The summed E-state index contributed by atoms with van der Waals surface area (Å²) in [7, 11) is 1.27. The molecule has 0 bridgehead atoms. The van der Waals surface area contributed by atoms with Gasteiger partial charge < -0.3 is 9.47 Å². The number of ether oxygens (including phenoxy) is 2. The average Bonchev–Trinajstić information content (AvgIpc) is 2.46. The van der Waals surface area contributed by atoms with Gasteiger partial charge in [0.25, 0.3) is 0 Å². The van der Waals surface area contributed by atoms with Crippen LogP contribution in [0.3, 0.4) is 0 Å². The predicted molar refractivity (Wildman–Crippen MR) is 78.9 cm³/mol. The minimum absolute atomic E-state index is 0.170. The smallest absolute Gasteiger partial charge is 0.341 e. The number of benzene rings is 2. The number of methoxy groups -OCH3 is 1. The van der Waals surface area contributed by atoms with Crippen LogP contribution in [-0.4, -0.2) is 19.2 Å². The van der Waals surface area contributed by atoms with E-state index >= 15 is 0 Å². The molecular formula is C17H16F2O3. The van der Waals surface area contributed by atoms with Gasteiger partial charge in [-0.05, 0) is 43.7 Å². The molecule has 2 rings (SSSR count). The van der Waals surface area contributed by atoms with Crippen LogP contribution in [-0.2, 0) is 4.74 Å². The second-order valence-electron chi connectivity index (χ2n) is 4.99. The van der Waals surface area contributed by atoms with E-state index in [2.05, 4.69) is 0 Å². The van der Waals surface area contributed by atoms with Gasteiger partial charge in [-0.3, -0.25) is 0 Å². The quantitative estimate of drug-likeness (QED) is 0.794. The maximum atomic E-state index is 13.9. The molecule has 0 aliphatic rings. The largest absolute Gasteiger partial charge is 0.490 e. The monoisotopic (exact) mass is 306 g/mol. The molecule has 2 aromatic rings. The molecule has 22 heavy (non-hydrogen) atoms. The fourth-order valence-electron chi connectivity index (χ4n) is 2.04. The predicted octanol–water partition coefficient (Wildman–Crippen LogP) is 4.21. The number of rotatable bonds is 4. The van der Waals surface area contributed by atoms with Crippen LogP contribution < -0.4 is 4.74 Å². The zero-order valence-corrected chi connectivity index (χ0v) is 12.5. The first-order chi connectivity index (χ1) is 10.4. The highest BCUT2D eigenvalue weighted by Crippen LogP contribution is 2.30. The van der Waals surface area contributed by atoms with E-state index in [1.165, 1.54) is 25.3 Å². The summed E-state index contributed by atoms with van der Waals surface area (Å²) < 4.78 is 37.2. The van der Waals surface area contributed by atoms with Gasteiger partial charge in [-0.2, -0.15) is 0 Å². The van der Waals surface area contributed by atoms with Crippen molar-refractivity contribution in [2.45, 2.75) is 20.0 Å². The molecule has 0 radical (unpaired) electrons. The van der Waals surface area contributed by atoms with Crippen LogP contribution in [0.15, 0.2) is 36.4 Å². The summed E-state index contributed by atoms with van der Waals surface area (Å²) in [6, 6.07) is 7.94. The van der Waals surface area contributed by atoms with Crippen LogP contribution >= 0.6 is 0 Å². The van der Waals surface area contributed by atoms with Crippen molar-refractivity contribution in [2.24, 2.45) is 0 Å². The third-order valence-electron chi connectivity index (χ3n) is 2.99. The van der Waals surface area contributed by atoms with Gasteiger partial charge in [-0.15, -0.1) is 0 Å². The van der Waals surface area contributed by atoms with Crippen molar-refractivity contribution in [3.8, 4) is 16.9 Å². The number of hydrogen-bond donors (Lipinski definition) is 0. The van der Waals surface area contributed by atoms with Crippen molar-refractivity contribution in [1.29, 1.82) is 0 Å². The summed E-state index contributed by atoms with van der Waals surface area (Å²) in [5, 5.41) is 0. The Balaban J connectivity index is 2.52. The summed E-state index contributed by atoms with van der Waals surface area (Å²) in [6.45, 7) is 3.62. The molecule has 0 aromatic heterocycles. The van der Waals surface area contributed by atoms with Crippen molar-refractivity contribution in [2.75, 3.05) is 7.11 Å². The van der Waals surface area contributed by atoms with E-state index in [-0.39, 0.29) is 17.2 Å². The Morgan fingerprint density at radius 1 is 1.09 bits per heavy atom. The second-order valence-corrected chi connectivity index (χ2v) is 4.99. The van der Waals surface area contributed by atoms with E-state index in [1.807, 2.05) is 13.8 Å². The fraction of sp³-hybridized carbons (Fsp3) is 0.235. The Bertz CT molecular complexity index is 696. The number of carbonyl (C=O) groups excluding carboxylic acids is 1. The molecule has 3 nitrogen and oxygen atoms in total. The molecule has 0 atom stereocenters. The molecule has 0 heterocycles. The van der Waals surface area contributed by atoms with Gasteiger partial charge in [0.2, 0.25) is 0 Å². The van der Waals surface area contributed by atoms with Gasteiger partial charge in [0.1, 0.15) is 22.9 Å². The Hall–Kier alpha value is -2.43. The average molecular weight is 306 g/mol. The first-order valence-corrected chi connectivity index (χ1v) is 6.77. The molecule has 5 heteroatoms. The van der Waals surface area contributed by atoms with E-state index in [0.29, 0.717) is 11.3 Å². The van der Waals surface area contributed by atoms with Gasteiger partial charge in [-0.25, -0.2) is 13.6 Å². The molecular weight excluding hydrogens is 290 g/mol. The van der Waals surface area contributed by atoms with Gasteiger partial charge in [0, 0.05) is 11.6 Å². The topological polar surface area (TPSA) is 35.5 Å². The molecule has 0 saturated carbocycles. The van der Waals surface area contributed by atoms with E-state index < -0.39 is 17.6 Å². The van der Waals surface area contributed by atoms with E-state index in [1.54, 1.807) is 12.1 Å². The molecule has 0 aliphatic heterocycles. The molecule has 0 unspecified atom stereocenters. The zero-order valence-electron chi connectivity index (χ0n) is 12.5. The van der Waals surface area contributed by atoms with Crippen LogP contribution in [0, 0.1) is 11.6 Å². The lowest BCUT2D eigenvalue weighted by Crippen LogP contribution is -2.11. The highest BCUT2D eigenvalue weighted by Gasteiger charge is 2.16. The molecule has 0 saturated heterocycles. The van der Waals surface area contributed by atoms with Crippen LogP contribution in [0.2, 0.25) is 0 Å². The van der Waals surface area contributed by atoms with Crippen LogP contribution in [0.1, 0.15) is 24.2 Å². The molecule has 0 amide bonds. The van der Waals surface area contributed by atoms with Gasteiger partial charge in [-0.1, -0.05) is 6.07 Å². The van der Waals surface area contributed by atoms with Gasteiger partial charge >= 0.3 is 5.97 Å². The lowest BCUT2D eigenvalue weighted by Gasteiger charge is -2.15. The first-order valence-electron chi connectivity index (χ1n) is 6.77. The normalized spacial score (nSPS) is 10.6.